The van der Waals surface area contributed by atoms with E-state index in [1.165, 1.54) is 0 Å². The van der Waals surface area contributed by atoms with Crippen molar-refractivity contribution in [2.24, 2.45) is 5.73 Å². The Balaban J connectivity index is 3.10. The normalized spacial score (nSPS) is 11.7. The van der Waals surface area contributed by atoms with Gasteiger partial charge >= 0.3 is 5.97 Å². The molecule has 6 heteroatoms. The smallest absolute Gasteiger partial charge is 0.353 e. The van der Waals surface area contributed by atoms with Crippen molar-refractivity contribution in [1.82, 2.24) is 0 Å². The van der Waals surface area contributed by atoms with Gasteiger partial charge in [-0.05, 0) is 24.6 Å². The molecule has 0 aromatic heterocycles. The second kappa shape index (κ2) is 6.30. The van der Waals surface area contributed by atoms with Gasteiger partial charge in [-0.25, -0.2) is 4.79 Å². The summed E-state index contributed by atoms with van der Waals surface area (Å²) in [4.78, 5) is 10.8. The lowest BCUT2D eigenvalue weighted by molar-refractivity contribution is -0.132. The third kappa shape index (κ3) is 3.40. The van der Waals surface area contributed by atoms with Crippen molar-refractivity contribution in [3.05, 3.63) is 34.1 Å². The molecule has 1 rings (SSSR count). The molecule has 1 aromatic rings. The first-order chi connectivity index (χ1) is 8.49. The van der Waals surface area contributed by atoms with E-state index in [1.807, 2.05) is 13.0 Å². The number of methoxy groups -OCH3 is 1. The molecule has 0 aliphatic heterocycles. The molecule has 0 fully saturated rings. The second-order valence-electron chi connectivity index (χ2n) is 3.52. The lowest BCUT2D eigenvalue weighted by Gasteiger charge is -2.14. The summed E-state index contributed by atoms with van der Waals surface area (Å²) in [7, 11) is 1.54. The standard InChI is InChI=1S/C12H15BrN2O3/c1-3-8(11(14)12(16)17)15-9-5-4-7(13)6-10(9)18-2/h4-6,15H,3,14H2,1-2H3,(H,16,17). The average Bonchev–Trinajstić information content (AvgIpc) is 2.36. The van der Waals surface area contributed by atoms with E-state index in [2.05, 4.69) is 21.2 Å². The number of carboxylic acid groups (broad SMARTS) is 1. The molecule has 0 bridgehead atoms. The Morgan fingerprint density at radius 1 is 1.56 bits per heavy atom. The number of nitrogens with one attached hydrogen (secondary N) is 1. The summed E-state index contributed by atoms with van der Waals surface area (Å²) in [5.41, 5.74) is 6.43. The minimum absolute atomic E-state index is 0.192. The fourth-order valence-electron chi connectivity index (χ4n) is 1.41. The van der Waals surface area contributed by atoms with E-state index in [0.717, 1.165) is 4.47 Å². The summed E-state index contributed by atoms with van der Waals surface area (Å²) in [6.45, 7) is 1.82. The molecule has 18 heavy (non-hydrogen) atoms. The van der Waals surface area contributed by atoms with Crippen LogP contribution < -0.4 is 15.8 Å². The first kappa shape index (κ1) is 14.4. The number of aliphatic carboxylic acids is 1. The van der Waals surface area contributed by atoms with E-state index in [-0.39, 0.29) is 5.70 Å². The zero-order chi connectivity index (χ0) is 13.7. The van der Waals surface area contributed by atoms with Crippen LogP contribution in [-0.4, -0.2) is 18.2 Å². The minimum Gasteiger partial charge on any atom is -0.495 e. The average molecular weight is 315 g/mol. The van der Waals surface area contributed by atoms with Crippen LogP contribution in [0.3, 0.4) is 0 Å². The van der Waals surface area contributed by atoms with Gasteiger partial charge in [0, 0.05) is 10.2 Å². The van der Waals surface area contributed by atoms with E-state index < -0.39 is 5.97 Å². The molecule has 5 nitrogen and oxygen atoms in total. The van der Waals surface area contributed by atoms with Crippen molar-refractivity contribution < 1.29 is 14.6 Å². The molecule has 98 valence electrons. The van der Waals surface area contributed by atoms with Crippen LogP contribution in [0.1, 0.15) is 13.3 Å². The molecule has 0 aliphatic carbocycles. The highest BCUT2D eigenvalue weighted by molar-refractivity contribution is 9.10. The van der Waals surface area contributed by atoms with E-state index >= 15 is 0 Å². The van der Waals surface area contributed by atoms with Gasteiger partial charge in [-0.1, -0.05) is 22.9 Å². The van der Waals surface area contributed by atoms with E-state index in [4.69, 9.17) is 15.6 Å². The number of anilines is 1. The first-order valence-electron chi connectivity index (χ1n) is 5.32. The Hall–Kier alpha value is -1.69. The summed E-state index contributed by atoms with van der Waals surface area (Å²) in [5.74, 6) is -0.538. The summed E-state index contributed by atoms with van der Waals surface area (Å²) >= 11 is 3.33. The maximum Gasteiger partial charge on any atom is 0.353 e. The number of halogens is 1. The van der Waals surface area contributed by atoms with Gasteiger partial charge in [-0.2, -0.15) is 0 Å². The third-order valence-corrected chi connectivity index (χ3v) is 2.85. The summed E-state index contributed by atoms with van der Waals surface area (Å²) < 4.78 is 6.08. The number of hydrogen-bond donors (Lipinski definition) is 3. The van der Waals surface area contributed by atoms with Crippen molar-refractivity contribution in [3.63, 3.8) is 0 Å². The molecule has 0 atom stereocenters. The Labute approximate surface area is 114 Å². The number of hydrogen-bond acceptors (Lipinski definition) is 4. The van der Waals surface area contributed by atoms with Crippen molar-refractivity contribution in [2.75, 3.05) is 12.4 Å². The first-order valence-corrected chi connectivity index (χ1v) is 6.11. The molecule has 0 heterocycles. The Bertz CT molecular complexity index is 486. The summed E-state index contributed by atoms with van der Waals surface area (Å²) in [6.07, 6.45) is 0.483. The lowest BCUT2D eigenvalue weighted by Crippen LogP contribution is -2.17. The predicted molar refractivity (Wildman–Crippen MR) is 73.5 cm³/mol. The Kier molecular flexibility index (Phi) is 5.03. The van der Waals surface area contributed by atoms with Crippen molar-refractivity contribution >= 4 is 27.6 Å². The van der Waals surface area contributed by atoms with Crippen molar-refractivity contribution in [1.29, 1.82) is 0 Å². The molecular weight excluding hydrogens is 300 g/mol. The van der Waals surface area contributed by atoms with E-state index in [0.29, 0.717) is 23.6 Å². The Morgan fingerprint density at radius 3 is 2.72 bits per heavy atom. The second-order valence-corrected chi connectivity index (χ2v) is 4.44. The number of rotatable bonds is 5. The molecular formula is C12H15BrN2O3. The highest BCUT2D eigenvalue weighted by Gasteiger charge is 2.11. The number of allylic oxidation sites excluding steroid dienone is 1. The Morgan fingerprint density at radius 2 is 2.22 bits per heavy atom. The van der Waals surface area contributed by atoms with E-state index in [1.54, 1.807) is 19.2 Å². The van der Waals surface area contributed by atoms with Gasteiger partial charge in [-0.15, -0.1) is 0 Å². The van der Waals surface area contributed by atoms with Gasteiger partial charge in [0.05, 0.1) is 12.8 Å². The molecule has 0 saturated heterocycles. The van der Waals surface area contributed by atoms with Crippen LogP contribution in [0, 0.1) is 0 Å². The highest BCUT2D eigenvalue weighted by Crippen LogP contribution is 2.29. The van der Waals surface area contributed by atoms with Crippen LogP contribution in [0.25, 0.3) is 0 Å². The van der Waals surface area contributed by atoms with Gasteiger partial charge in [0.25, 0.3) is 0 Å². The summed E-state index contributed by atoms with van der Waals surface area (Å²) in [6, 6.07) is 5.40. The molecule has 0 saturated carbocycles. The third-order valence-electron chi connectivity index (χ3n) is 2.36. The lowest BCUT2D eigenvalue weighted by atomic mass is 10.2. The molecule has 1 aromatic carbocycles. The van der Waals surface area contributed by atoms with Crippen LogP contribution in [0.2, 0.25) is 0 Å². The molecule has 4 N–H and O–H groups in total. The van der Waals surface area contributed by atoms with Crippen LogP contribution in [0.15, 0.2) is 34.1 Å². The number of ether oxygens (including phenoxy) is 1. The molecule has 0 spiro atoms. The zero-order valence-electron chi connectivity index (χ0n) is 10.2. The molecule has 0 aliphatic rings. The van der Waals surface area contributed by atoms with Crippen LogP contribution in [0.5, 0.6) is 5.75 Å². The fourth-order valence-corrected chi connectivity index (χ4v) is 1.75. The van der Waals surface area contributed by atoms with Crippen LogP contribution >= 0.6 is 15.9 Å². The van der Waals surface area contributed by atoms with E-state index in [9.17, 15) is 4.79 Å². The number of carboxylic acids is 1. The van der Waals surface area contributed by atoms with Crippen LogP contribution in [-0.2, 0) is 4.79 Å². The van der Waals surface area contributed by atoms with Crippen LogP contribution in [0.4, 0.5) is 5.69 Å². The zero-order valence-corrected chi connectivity index (χ0v) is 11.7. The predicted octanol–water partition coefficient (Wildman–Crippen LogP) is 2.53. The van der Waals surface area contributed by atoms with Crippen molar-refractivity contribution in [3.8, 4) is 5.75 Å². The molecule has 0 unspecified atom stereocenters. The SMILES string of the molecule is CCC(Nc1ccc(Br)cc1OC)=C(N)C(=O)O. The topological polar surface area (TPSA) is 84.6 Å². The molecule has 0 amide bonds. The van der Waals surface area contributed by atoms with Gasteiger partial charge in [0.1, 0.15) is 11.4 Å². The quantitative estimate of drug-likeness (QED) is 0.727. The number of benzene rings is 1. The fraction of sp³-hybridized carbons (Fsp3) is 0.250. The highest BCUT2D eigenvalue weighted by atomic mass is 79.9. The maximum absolute atomic E-state index is 10.8. The van der Waals surface area contributed by atoms with Gasteiger partial charge in [0.2, 0.25) is 0 Å². The summed E-state index contributed by atoms with van der Waals surface area (Å²) in [5, 5.41) is 11.9. The largest absolute Gasteiger partial charge is 0.495 e. The number of nitrogens with two attached hydrogens (primary N) is 1. The van der Waals surface area contributed by atoms with Gasteiger partial charge < -0.3 is 20.9 Å². The minimum atomic E-state index is -1.14. The van der Waals surface area contributed by atoms with Gasteiger partial charge in [0.15, 0.2) is 0 Å². The van der Waals surface area contributed by atoms with Gasteiger partial charge in [-0.3, -0.25) is 0 Å². The monoisotopic (exact) mass is 314 g/mol. The maximum atomic E-state index is 10.8. The number of carbonyl (C=O) groups is 1. The molecule has 0 radical (unpaired) electrons. The van der Waals surface area contributed by atoms with Crippen molar-refractivity contribution in [2.45, 2.75) is 13.3 Å².